The first kappa shape index (κ1) is 11.9. The molecular formula is C12H14O2S. The first-order valence-electron chi connectivity index (χ1n) is 4.76. The standard InChI is InChI=1S/C12H14O2S/c1-3-9(2)8-15-11-6-4-10(5-7-11)12(13)14/h4-7H,2-3,8H2,1H3,(H,13,14). The zero-order valence-electron chi connectivity index (χ0n) is 8.69. The Morgan fingerprint density at radius 1 is 1.40 bits per heavy atom. The second kappa shape index (κ2) is 5.61. The fourth-order valence-corrected chi connectivity index (χ4v) is 1.88. The number of thioether (sulfide) groups is 1. The zero-order valence-corrected chi connectivity index (χ0v) is 9.51. The van der Waals surface area contributed by atoms with Gasteiger partial charge in [0, 0.05) is 10.6 Å². The van der Waals surface area contributed by atoms with Gasteiger partial charge in [-0.05, 0) is 30.7 Å². The molecule has 0 unspecified atom stereocenters. The van der Waals surface area contributed by atoms with Crippen molar-refractivity contribution in [1.82, 2.24) is 0 Å². The molecule has 2 nitrogen and oxygen atoms in total. The van der Waals surface area contributed by atoms with E-state index in [-0.39, 0.29) is 0 Å². The Kier molecular flexibility index (Phi) is 4.43. The lowest BCUT2D eigenvalue weighted by Gasteiger charge is -2.03. The summed E-state index contributed by atoms with van der Waals surface area (Å²) < 4.78 is 0. The van der Waals surface area contributed by atoms with Crippen LogP contribution < -0.4 is 0 Å². The molecule has 0 aliphatic carbocycles. The van der Waals surface area contributed by atoms with Crippen molar-refractivity contribution in [3.05, 3.63) is 42.0 Å². The van der Waals surface area contributed by atoms with E-state index in [4.69, 9.17) is 5.11 Å². The number of hydrogen-bond donors (Lipinski definition) is 1. The van der Waals surface area contributed by atoms with E-state index in [2.05, 4.69) is 13.5 Å². The average molecular weight is 222 g/mol. The molecule has 0 spiro atoms. The summed E-state index contributed by atoms with van der Waals surface area (Å²) in [6, 6.07) is 6.91. The normalized spacial score (nSPS) is 9.93. The number of carbonyl (C=O) groups is 1. The number of benzene rings is 1. The Balaban J connectivity index is 2.57. The molecule has 1 aromatic rings. The highest BCUT2D eigenvalue weighted by Gasteiger charge is 2.01. The highest BCUT2D eigenvalue weighted by atomic mass is 32.2. The van der Waals surface area contributed by atoms with Crippen molar-refractivity contribution in [2.75, 3.05) is 5.75 Å². The minimum Gasteiger partial charge on any atom is -0.478 e. The lowest BCUT2D eigenvalue weighted by molar-refractivity contribution is 0.0697. The van der Waals surface area contributed by atoms with Crippen LogP contribution in [0.2, 0.25) is 0 Å². The van der Waals surface area contributed by atoms with E-state index in [0.717, 1.165) is 17.1 Å². The summed E-state index contributed by atoms with van der Waals surface area (Å²) in [5, 5.41) is 8.71. The van der Waals surface area contributed by atoms with E-state index in [9.17, 15) is 4.79 Å². The van der Waals surface area contributed by atoms with Gasteiger partial charge in [0.1, 0.15) is 0 Å². The van der Waals surface area contributed by atoms with Crippen LogP contribution in [0.15, 0.2) is 41.3 Å². The van der Waals surface area contributed by atoms with Gasteiger partial charge >= 0.3 is 5.97 Å². The van der Waals surface area contributed by atoms with Crippen LogP contribution in [0.5, 0.6) is 0 Å². The van der Waals surface area contributed by atoms with Gasteiger partial charge in [0.15, 0.2) is 0 Å². The number of aromatic carboxylic acids is 1. The highest BCUT2D eigenvalue weighted by molar-refractivity contribution is 7.99. The molecule has 1 rings (SSSR count). The molecular weight excluding hydrogens is 208 g/mol. The molecule has 0 aromatic heterocycles. The van der Waals surface area contributed by atoms with Crippen molar-refractivity contribution in [3.63, 3.8) is 0 Å². The van der Waals surface area contributed by atoms with Gasteiger partial charge in [-0.15, -0.1) is 11.8 Å². The van der Waals surface area contributed by atoms with Gasteiger partial charge in [0.05, 0.1) is 5.56 Å². The molecule has 3 heteroatoms. The molecule has 0 radical (unpaired) electrons. The van der Waals surface area contributed by atoms with Gasteiger partial charge in [-0.3, -0.25) is 0 Å². The minimum atomic E-state index is -0.885. The maximum atomic E-state index is 10.6. The third-order valence-corrected chi connectivity index (χ3v) is 3.20. The molecule has 0 aliphatic rings. The van der Waals surface area contributed by atoms with E-state index in [1.807, 2.05) is 12.1 Å². The summed E-state index contributed by atoms with van der Waals surface area (Å²) in [5.41, 5.74) is 1.52. The molecule has 0 saturated carbocycles. The number of carboxylic acids is 1. The van der Waals surface area contributed by atoms with Gasteiger partial charge in [-0.1, -0.05) is 19.1 Å². The Bertz CT molecular complexity index is 354. The predicted octanol–water partition coefficient (Wildman–Crippen LogP) is 3.44. The van der Waals surface area contributed by atoms with Crippen molar-refractivity contribution < 1.29 is 9.90 Å². The molecule has 80 valence electrons. The molecule has 0 fully saturated rings. The molecule has 0 bridgehead atoms. The van der Waals surface area contributed by atoms with Crippen molar-refractivity contribution >= 4 is 17.7 Å². The van der Waals surface area contributed by atoms with Crippen LogP contribution in [-0.4, -0.2) is 16.8 Å². The van der Waals surface area contributed by atoms with Crippen molar-refractivity contribution in [2.45, 2.75) is 18.2 Å². The minimum absolute atomic E-state index is 0.327. The Morgan fingerprint density at radius 2 is 2.00 bits per heavy atom. The van der Waals surface area contributed by atoms with Gasteiger partial charge < -0.3 is 5.11 Å². The second-order valence-electron chi connectivity index (χ2n) is 3.22. The van der Waals surface area contributed by atoms with Crippen molar-refractivity contribution in [3.8, 4) is 0 Å². The third kappa shape index (κ3) is 3.80. The summed E-state index contributed by atoms with van der Waals surface area (Å²) in [5.74, 6) is 0.00708. The Hall–Kier alpha value is -1.22. The van der Waals surface area contributed by atoms with E-state index in [1.165, 1.54) is 5.57 Å². The predicted molar refractivity (Wildman–Crippen MR) is 63.6 cm³/mol. The fourth-order valence-electron chi connectivity index (χ4n) is 0.981. The fraction of sp³-hybridized carbons (Fsp3) is 0.250. The number of hydrogen-bond acceptors (Lipinski definition) is 2. The van der Waals surface area contributed by atoms with Crippen LogP contribution in [0.4, 0.5) is 0 Å². The topological polar surface area (TPSA) is 37.3 Å². The molecule has 0 saturated heterocycles. The third-order valence-electron chi connectivity index (χ3n) is 2.04. The van der Waals surface area contributed by atoms with E-state index in [1.54, 1.807) is 23.9 Å². The summed E-state index contributed by atoms with van der Waals surface area (Å²) in [4.78, 5) is 11.7. The van der Waals surface area contributed by atoms with Gasteiger partial charge in [-0.2, -0.15) is 0 Å². The average Bonchev–Trinajstić information content (AvgIpc) is 2.26. The van der Waals surface area contributed by atoms with E-state index < -0.39 is 5.97 Å². The largest absolute Gasteiger partial charge is 0.478 e. The maximum absolute atomic E-state index is 10.6. The van der Waals surface area contributed by atoms with Crippen molar-refractivity contribution in [2.24, 2.45) is 0 Å². The molecule has 1 aromatic carbocycles. The lowest BCUT2D eigenvalue weighted by Crippen LogP contribution is -1.94. The molecule has 0 aliphatic heterocycles. The van der Waals surface area contributed by atoms with Crippen LogP contribution >= 0.6 is 11.8 Å². The Labute approximate surface area is 94.0 Å². The van der Waals surface area contributed by atoms with Gasteiger partial charge in [-0.25, -0.2) is 4.79 Å². The van der Waals surface area contributed by atoms with Crippen LogP contribution in [0.1, 0.15) is 23.7 Å². The molecule has 0 heterocycles. The Morgan fingerprint density at radius 3 is 2.47 bits per heavy atom. The van der Waals surface area contributed by atoms with Crippen LogP contribution in [-0.2, 0) is 0 Å². The lowest BCUT2D eigenvalue weighted by atomic mass is 10.2. The molecule has 0 amide bonds. The van der Waals surface area contributed by atoms with Crippen molar-refractivity contribution in [1.29, 1.82) is 0 Å². The molecule has 15 heavy (non-hydrogen) atoms. The quantitative estimate of drug-likeness (QED) is 0.612. The smallest absolute Gasteiger partial charge is 0.335 e. The summed E-state index contributed by atoms with van der Waals surface area (Å²) in [6.07, 6.45) is 0.986. The summed E-state index contributed by atoms with van der Waals surface area (Å²) >= 11 is 1.68. The first-order chi connectivity index (χ1) is 7.13. The zero-order chi connectivity index (χ0) is 11.3. The maximum Gasteiger partial charge on any atom is 0.335 e. The first-order valence-corrected chi connectivity index (χ1v) is 5.75. The molecule has 1 N–H and O–H groups in total. The number of carboxylic acid groups (broad SMARTS) is 1. The SMILES string of the molecule is C=C(CC)CSc1ccc(C(=O)O)cc1. The van der Waals surface area contributed by atoms with Gasteiger partial charge in [0.2, 0.25) is 0 Å². The monoisotopic (exact) mass is 222 g/mol. The van der Waals surface area contributed by atoms with Gasteiger partial charge in [0.25, 0.3) is 0 Å². The van der Waals surface area contributed by atoms with E-state index >= 15 is 0 Å². The van der Waals surface area contributed by atoms with E-state index in [0.29, 0.717) is 5.56 Å². The highest BCUT2D eigenvalue weighted by Crippen LogP contribution is 2.21. The van der Waals surface area contributed by atoms with Crippen LogP contribution in [0.25, 0.3) is 0 Å². The molecule has 0 atom stereocenters. The summed E-state index contributed by atoms with van der Waals surface area (Å²) in [7, 11) is 0. The summed E-state index contributed by atoms with van der Waals surface area (Å²) in [6.45, 7) is 6.00. The number of rotatable bonds is 5. The van der Waals surface area contributed by atoms with Crippen LogP contribution in [0, 0.1) is 0 Å². The van der Waals surface area contributed by atoms with Crippen LogP contribution in [0.3, 0.4) is 0 Å². The second-order valence-corrected chi connectivity index (χ2v) is 4.27.